The normalized spacial score (nSPS) is 11.4. The van der Waals surface area contributed by atoms with Gasteiger partial charge in [-0.25, -0.2) is 0 Å². The third-order valence-electron chi connectivity index (χ3n) is 4.55. The zero-order valence-electron chi connectivity index (χ0n) is 13.0. The summed E-state index contributed by atoms with van der Waals surface area (Å²) in [6.07, 6.45) is 0. The van der Waals surface area contributed by atoms with E-state index in [0.29, 0.717) is 21.9 Å². The van der Waals surface area contributed by atoms with Crippen LogP contribution in [0.25, 0.3) is 32.8 Å². The zero-order valence-corrected chi connectivity index (χ0v) is 13.0. The molecule has 114 valence electrons. The summed E-state index contributed by atoms with van der Waals surface area (Å²) in [4.78, 5) is 3.35. The number of aromatic hydroxyl groups is 2. The highest BCUT2D eigenvalue weighted by Crippen LogP contribution is 2.47. The number of H-pyrrole nitrogens is 1. The number of fused-ring (bicyclic) bond motifs is 2. The Morgan fingerprint density at radius 2 is 1.26 bits per heavy atom. The van der Waals surface area contributed by atoms with E-state index in [2.05, 4.69) is 4.98 Å². The smallest absolute Gasteiger partial charge is 0.131 e. The monoisotopic (exact) mass is 303 g/mol. The second-order valence-corrected chi connectivity index (χ2v) is 5.91. The van der Waals surface area contributed by atoms with Crippen molar-refractivity contribution >= 4 is 21.7 Å². The van der Waals surface area contributed by atoms with E-state index in [9.17, 15) is 10.2 Å². The highest BCUT2D eigenvalue weighted by atomic mass is 16.3. The lowest BCUT2D eigenvalue weighted by atomic mass is 9.92. The van der Waals surface area contributed by atoms with Crippen molar-refractivity contribution in [1.29, 1.82) is 0 Å². The molecule has 23 heavy (non-hydrogen) atoms. The van der Waals surface area contributed by atoms with Gasteiger partial charge in [0.1, 0.15) is 11.5 Å². The van der Waals surface area contributed by atoms with Gasteiger partial charge in [0.05, 0.1) is 0 Å². The van der Waals surface area contributed by atoms with Crippen LogP contribution in [0.4, 0.5) is 0 Å². The average Bonchev–Trinajstić information content (AvgIpc) is 2.89. The molecule has 0 amide bonds. The Morgan fingerprint density at radius 1 is 0.696 bits per heavy atom. The maximum absolute atomic E-state index is 10.9. The van der Waals surface area contributed by atoms with Crippen LogP contribution in [0.15, 0.2) is 48.5 Å². The minimum absolute atomic E-state index is 0.212. The number of hydrogen-bond donors (Lipinski definition) is 3. The molecule has 0 fully saturated rings. The molecule has 3 N–H and O–H groups in total. The lowest BCUT2D eigenvalue weighted by molar-refractivity contribution is 0.468. The highest BCUT2D eigenvalue weighted by molar-refractivity contribution is 6.06. The van der Waals surface area contributed by atoms with Crippen molar-refractivity contribution < 1.29 is 10.2 Å². The number of aryl methyl sites for hydroxylation is 1. The lowest BCUT2D eigenvalue weighted by Gasteiger charge is -2.15. The fraction of sp³-hybridized carbons (Fsp3) is 0.100. The predicted octanol–water partition coefficient (Wildman–Crippen LogP) is 5.02. The summed E-state index contributed by atoms with van der Waals surface area (Å²) in [7, 11) is 0. The maximum atomic E-state index is 10.9. The van der Waals surface area contributed by atoms with Crippen molar-refractivity contribution in [2.24, 2.45) is 0 Å². The predicted molar refractivity (Wildman–Crippen MR) is 94.0 cm³/mol. The van der Waals surface area contributed by atoms with Crippen molar-refractivity contribution in [2.45, 2.75) is 13.8 Å². The van der Waals surface area contributed by atoms with Gasteiger partial charge in [-0.05, 0) is 19.9 Å². The lowest BCUT2D eigenvalue weighted by Crippen LogP contribution is -1.89. The third kappa shape index (κ3) is 1.83. The molecule has 0 bridgehead atoms. The first-order chi connectivity index (χ1) is 11.1. The van der Waals surface area contributed by atoms with Gasteiger partial charge in [-0.2, -0.15) is 0 Å². The summed E-state index contributed by atoms with van der Waals surface area (Å²) in [6, 6.07) is 15.4. The molecular weight excluding hydrogens is 286 g/mol. The van der Waals surface area contributed by atoms with Gasteiger partial charge in [0.2, 0.25) is 0 Å². The van der Waals surface area contributed by atoms with Gasteiger partial charge in [-0.1, -0.05) is 42.5 Å². The number of benzene rings is 3. The van der Waals surface area contributed by atoms with Gasteiger partial charge >= 0.3 is 0 Å². The van der Waals surface area contributed by atoms with E-state index in [1.165, 1.54) is 0 Å². The van der Waals surface area contributed by atoms with E-state index < -0.39 is 0 Å². The summed E-state index contributed by atoms with van der Waals surface area (Å²) in [5.41, 5.74) is 4.31. The van der Waals surface area contributed by atoms with E-state index >= 15 is 0 Å². The number of phenolic OH excluding ortho intramolecular Hbond substituents is 2. The van der Waals surface area contributed by atoms with Gasteiger partial charge in [0, 0.05) is 44.1 Å². The molecule has 0 aliphatic carbocycles. The highest BCUT2D eigenvalue weighted by Gasteiger charge is 2.21. The van der Waals surface area contributed by atoms with Crippen LogP contribution in [0.2, 0.25) is 0 Å². The Labute approximate surface area is 133 Å². The molecule has 0 aliphatic rings. The second kappa shape index (κ2) is 4.78. The maximum Gasteiger partial charge on any atom is 0.131 e. The quantitative estimate of drug-likeness (QED) is 0.433. The summed E-state index contributed by atoms with van der Waals surface area (Å²) >= 11 is 0. The summed E-state index contributed by atoms with van der Waals surface area (Å²) in [6.45, 7) is 3.83. The van der Waals surface area contributed by atoms with E-state index in [1.807, 2.05) is 62.4 Å². The van der Waals surface area contributed by atoms with Crippen LogP contribution >= 0.6 is 0 Å². The minimum atomic E-state index is 0.212. The first kappa shape index (κ1) is 13.7. The summed E-state index contributed by atoms with van der Waals surface area (Å²) in [5.74, 6) is 0.432. The van der Waals surface area contributed by atoms with Crippen LogP contribution in [0.5, 0.6) is 11.5 Å². The number of nitrogens with one attached hydrogen (secondary N) is 1. The second-order valence-electron chi connectivity index (χ2n) is 5.91. The van der Waals surface area contributed by atoms with Crippen molar-refractivity contribution in [1.82, 2.24) is 4.98 Å². The van der Waals surface area contributed by atoms with Crippen LogP contribution in [-0.4, -0.2) is 15.2 Å². The fourth-order valence-electron chi connectivity index (χ4n) is 3.43. The molecule has 3 aromatic carbocycles. The third-order valence-corrected chi connectivity index (χ3v) is 4.55. The zero-order chi connectivity index (χ0) is 16.1. The van der Waals surface area contributed by atoms with Crippen LogP contribution in [0.1, 0.15) is 11.3 Å². The molecule has 0 aliphatic heterocycles. The van der Waals surface area contributed by atoms with Gasteiger partial charge < -0.3 is 15.2 Å². The fourth-order valence-corrected chi connectivity index (χ4v) is 3.43. The minimum Gasteiger partial charge on any atom is -0.507 e. The summed E-state index contributed by atoms with van der Waals surface area (Å²) < 4.78 is 0. The Bertz CT molecular complexity index is 1060. The Morgan fingerprint density at radius 3 is 1.96 bits per heavy atom. The van der Waals surface area contributed by atoms with Crippen LogP contribution < -0.4 is 0 Å². The Kier molecular flexibility index (Phi) is 2.85. The molecular formula is C20H17NO2. The van der Waals surface area contributed by atoms with Crippen molar-refractivity contribution in [3.63, 3.8) is 0 Å². The first-order valence-electron chi connectivity index (χ1n) is 7.60. The Hall–Kier alpha value is -2.94. The molecule has 0 unspecified atom stereocenters. The molecule has 3 nitrogen and oxygen atoms in total. The molecule has 3 heteroatoms. The van der Waals surface area contributed by atoms with Crippen LogP contribution in [-0.2, 0) is 0 Å². The largest absolute Gasteiger partial charge is 0.507 e. The van der Waals surface area contributed by atoms with Gasteiger partial charge in [0.25, 0.3) is 0 Å². The molecule has 0 spiro atoms. The molecule has 0 radical (unpaired) electrons. The Balaban J connectivity index is 2.19. The molecule has 0 saturated heterocycles. The SMILES string of the molecule is Cc1[nH]c2ccccc2c1-c1c(C)c(O)c2ccccc2c1O. The number of para-hydroxylation sites is 1. The number of aromatic nitrogens is 1. The standard InChI is InChI=1S/C20H17NO2/c1-11-17(18-12(2)21-16-10-6-5-9-15(16)18)20(23)14-8-4-3-7-13(14)19(11)22/h3-10,21-23H,1-2H3. The van der Waals surface area contributed by atoms with Gasteiger partial charge in [-0.15, -0.1) is 0 Å². The van der Waals surface area contributed by atoms with Crippen molar-refractivity contribution in [3.8, 4) is 22.6 Å². The number of rotatable bonds is 1. The molecule has 1 heterocycles. The number of phenols is 2. The molecule has 1 aromatic heterocycles. The van der Waals surface area contributed by atoms with Crippen molar-refractivity contribution in [2.75, 3.05) is 0 Å². The molecule has 0 atom stereocenters. The van der Waals surface area contributed by atoms with Gasteiger partial charge in [-0.3, -0.25) is 0 Å². The molecule has 0 saturated carbocycles. The number of aromatic amines is 1. The molecule has 4 rings (SSSR count). The number of hydrogen-bond acceptors (Lipinski definition) is 2. The molecule has 4 aromatic rings. The van der Waals surface area contributed by atoms with Crippen molar-refractivity contribution in [3.05, 3.63) is 59.8 Å². The first-order valence-corrected chi connectivity index (χ1v) is 7.60. The van der Waals surface area contributed by atoms with Crippen LogP contribution in [0.3, 0.4) is 0 Å². The van der Waals surface area contributed by atoms with E-state index in [-0.39, 0.29) is 11.5 Å². The van der Waals surface area contributed by atoms with Gasteiger partial charge in [0.15, 0.2) is 0 Å². The van der Waals surface area contributed by atoms with Crippen LogP contribution in [0, 0.1) is 13.8 Å². The van der Waals surface area contributed by atoms with E-state index in [0.717, 1.165) is 22.2 Å². The average molecular weight is 303 g/mol. The van der Waals surface area contributed by atoms with E-state index in [1.54, 1.807) is 0 Å². The topological polar surface area (TPSA) is 56.2 Å². The van der Waals surface area contributed by atoms with E-state index in [4.69, 9.17) is 0 Å². The summed E-state index contributed by atoms with van der Waals surface area (Å²) in [5, 5.41) is 23.9.